The molecular formula is C16H13N5O2. The van der Waals surface area contributed by atoms with Crippen LogP contribution in [0.1, 0.15) is 0 Å². The molecule has 114 valence electrons. The average molecular weight is 307 g/mol. The number of nitrogens with two attached hydrogens (primary N) is 1. The van der Waals surface area contributed by atoms with Gasteiger partial charge in [-0.15, -0.1) is 0 Å². The Bertz CT molecular complexity index is 885. The molecule has 3 N–H and O–H groups in total. The summed E-state index contributed by atoms with van der Waals surface area (Å²) in [6.45, 7) is 0. The fourth-order valence-corrected chi connectivity index (χ4v) is 2.18. The van der Waals surface area contributed by atoms with E-state index in [-0.39, 0.29) is 11.6 Å². The summed E-state index contributed by atoms with van der Waals surface area (Å²) >= 11 is 0. The zero-order valence-corrected chi connectivity index (χ0v) is 12.0. The van der Waals surface area contributed by atoms with Crippen LogP contribution in [0.15, 0.2) is 65.8 Å². The van der Waals surface area contributed by atoms with Gasteiger partial charge in [-0.05, 0) is 17.5 Å². The molecule has 0 spiro atoms. The summed E-state index contributed by atoms with van der Waals surface area (Å²) in [5.41, 5.74) is 6.62. The molecule has 0 atom stereocenters. The Balaban J connectivity index is 1.85. The highest BCUT2D eigenvalue weighted by atomic mass is 16.6. The van der Waals surface area contributed by atoms with Crippen LogP contribution in [0.2, 0.25) is 0 Å². The molecule has 0 amide bonds. The first-order chi connectivity index (χ1) is 11.1. The van der Waals surface area contributed by atoms with Gasteiger partial charge in [-0.1, -0.05) is 36.4 Å². The van der Waals surface area contributed by atoms with Gasteiger partial charge < -0.3 is 11.1 Å². The second-order valence-electron chi connectivity index (χ2n) is 4.78. The normalized spacial score (nSPS) is 11.4. The Hall–Kier alpha value is -3.48. The van der Waals surface area contributed by atoms with Crippen molar-refractivity contribution in [2.75, 3.05) is 5.32 Å². The Kier molecular flexibility index (Phi) is 3.84. The third-order valence-corrected chi connectivity index (χ3v) is 3.23. The van der Waals surface area contributed by atoms with Crippen LogP contribution in [-0.4, -0.2) is 15.9 Å². The maximum Gasteiger partial charge on any atom is 0.287 e. The monoisotopic (exact) mass is 307 g/mol. The maximum atomic E-state index is 10.6. The van der Waals surface area contributed by atoms with Crippen molar-refractivity contribution in [1.82, 2.24) is 4.98 Å². The van der Waals surface area contributed by atoms with Crippen molar-refractivity contribution < 1.29 is 4.92 Å². The number of nitrogens with one attached hydrogen (secondary N) is 1. The largest absolute Gasteiger partial charge is 0.369 e. The van der Waals surface area contributed by atoms with Gasteiger partial charge in [0, 0.05) is 17.1 Å². The van der Waals surface area contributed by atoms with Gasteiger partial charge in [0.2, 0.25) is 0 Å². The molecule has 0 radical (unpaired) electrons. The van der Waals surface area contributed by atoms with Crippen molar-refractivity contribution in [3.63, 3.8) is 0 Å². The summed E-state index contributed by atoms with van der Waals surface area (Å²) in [6.07, 6.45) is 1.14. The molecule has 0 fully saturated rings. The van der Waals surface area contributed by atoms with Crippen LogP contribution in [-0.2, 0) is 0 Å². The van der Waals surface area contributed by atoms with E-state index < -0.39 is 4.92 Å². The minimum atomic E-state index is -0.516. The number of hydrogen-bond donors (Lipinski definition) is 2. The zero-order chi connectivity index (χ0) is 16.2. The van der Waals surface area contributed by atoms with Crippen LogP contribution in [0.4, 0.5) is 17.2 Å². The molecule has 0 unspecified atom stereocenters. The maximum absolute atomic E-state index is 10.6. The summed E-state index contributed by atoms with van der Waals surface area (Å²) in [7, 11) is 0. The lowest BCUT2D eigenvalue weighted by Crippen LogP contribution is -2.22. The third-order valence-electron chi connectivity index (χ3n) is 3.23. The second kappa shape index (κ2) is 6.10. The molecule has 7 heteroatoms. The van der Waals surface area contributed by atoms with E-state index in [9.17, 15) is 10.1 Å². The van der Waals surface area contributed by atoms with E-state index in [1.807, 2.05) is 42.5 Å². The molecule has 1 aromatic heterocycles. The van der Waals surface area contributed by atoms with Crippen LogP contribution < -0.4 is 11.1 Å². The van der Waals surface area contributed by atoms with Crippen molar-refractivity contribution >= 4 is 33.9 Å². The number of guanidine groups is 1. The van der Waals surface area contributed by atoms with E-state index in [1.54, 1.807) is 0 Å². The van der Waals surface area contributed by atoms with Gasteiger partial charge in [0.25, 0.3) is 5.69 Å². The standard InChI is InChI=1S/C16H13N5O2/c17-16(20-15-9-8-12(10-18-15)21(22)23)19-14-7-3-5-11-4-1-2-6-13(11)14/h1-10H,(H3,17,18,19,20). The van der Waals surface area contributed by atoms with Gasteiger partial charge >= 0.3 is 0 Å². The molecule has 23 heavy (non-hydrogen) atoms. The van der Waals surface area contributed by atoms with Crippen LogP contribution in [0.25, 0.3) is 10.8 Å². The van der Waals surface area contributed by atoms with E-state index in [0.29, 0.717) is 5.82 Å². The summed E-state index contributed by atoms with van der Waals surface area (Å²) in [5, 5.41) is 15.7. The van der Waals surface area contributed by atoms with Crippen LogP contribution in [0, 0.1) is 10.1 Å². The first-order valence-electron chi connectivity index (χ1n) is 6.83. The SMILES string of the molecule is NC(=Nc1ccc([N+](=O)[O-])cn1)Nc1cccc2ccccc12. The van der Waals surface area contributed by atoms with E-state index in [0.717, 1.165) is 22.7 Å². The fraction of sp³-hybridized carbons (Fsp3) is 0. The number of hydrogen-bond acceptors (Lipinski definition) is 4. The molecule has 0 aliphatic rings. The summed E-state index contributed by atoms with van der Waals surface area (Å²) in [6, 6.07) is 16.5. The molecule has 0 saturated heterocycles. The molecule has 0 saturated carbocycles. The third kappa shape index (κ3) is 3.24. The van der Waals surface area contributed by atoms with E-state index in [1.165, 1.54) is 12.1 Å². The minimum absolute atomic E-state index is 0.0930. The molecule has 2 aromatic carbocycles. The molecule has 3 aromatic rings. The van der Waals surface area contributed by atoms with Crippen LogP contribution in [0.5, 0.6) is 0 Å². The number of aromatic nitrogens is 1. The van der Waals surface area contributed by atoms with Gasteiger partial charge in [-0.2, -0.15) is 4.99 Å². The highest BCUT2D eigenvalue weighted by molar-refractivity contribution is 6.03. The van der Waals surface area contributed by atoms with Gasteiger partial charge in [-0.3, -0.25) is 10.1 Å². The van der Waals surface area contributed by atoms with E-state index >= 15 is 0 Å². The predicted molar refractivity (Wildman–Crippen MR) is 89.7 cm³/mol. The zero-order valence-electron chi connectivity index (χ0n) is 12.0. The first kappa shape index (κ1) is 14.5. The topological polar surface area (TPSA) is 106 Å². The predicted octanol–water partition coefficient (Wildman–Crippen LogP) is 3.20. The molecule has 0 bridgehead atoms. The van der Waals surface area contributed by atoms with Crippen molar-refractivity contribution in [3.8, 4) is 0 Å². The lowest BCUT2D eigenvalue weighted by Gasteiger charge is -2.08. The van der Waals surface area contributed by atoms with Gasteiger partial charge in [0.05, 0.1) is 4.92 Å². The molecular weight excluding hydrogens is 294 g/mol. The highest BCUT2D eigenvalue weighted by Crippen LogP contribution is 2.23. The number of benzene rings is 2. The Morgan fingerprint density at radius 3 is 2.65 bits per heavy atom. The number of rotatable bonds is 3. The number of aliphatic imine (C=N–C) groups is 1. The Morgan fingerprint density at radius 2 is 1.91 bits per heavy atom. The summed E-state index contributed by atoms with van der Waals surface area (Å²) < 4.78 is 0. The number of nitrogens with zero attached hydrogens (tertiary/aromatic N) is 3. The van der Waals surface area contributed by atoms with Crippen LogP contribution in [0.3, 0.4) is 0 Å². The first-order valence-corrected chi connectivity index (χ1v) is 6.83. The molecule has 1 heterocycles. The van der Waals surface area contributed by atoms with Crippen molar-refractivity contribution in [3.05, 3.63) is 70.9 Å². The minimum Gasteiger partial charge on any atom is -0.369 e. The van der Waals surface area contributed by atoms with E-state index in [2.05, 4.69) is 15.3 Å². The number of pyridine rings is 1. The van der Waals surface area contributed by atoms with Crippen molar-refractivity contribution in [2.24, 2.45) is 10.7 Å². The smallest absolute Gasteiger partial charge is 0.287 e. The van der Waals surface area contributed by atoms with Gasteiger partial charge in [0.1, 0.15) is 6.20 Å². The Labute approximate surface area is 131 Å². The molecule has 3 rings (SSSR count). The highest BCUT2D eigenvalue weighted by Gasteiger charge is 2.06. The van der Waals surface area contributed by atoms with Gasteiger partial charge in [0.15, 0.2) is 11.8 Å². The quantitative estimate of drug-likeness (QED) is 0.334. The Morgan fingerprint density at radius 1 is 1.13 bits per heavy atom. The number of fused-ring (bicyclic) bond motifs is 1. The lowest BCUT2D eigenvalue weighted by molar-refractivity contribution is -0.385. The number of anilines is 1. The molecule has 7 nitrogen and oxygen atoms in total. The summed E-state index contributed by atoms with van der Waals surface area (Å²) in [5.74, 6) is 0.448. The van der Waals surface area contributed by atoms with Crippen molar-refractivity contribution in [2.45, 2.75) is 0 Å². The van der Waals surface area contributed by atoms with Gasteiger partial charge in [-0.25, -0.2) is 4.98 Å². The summed E-state index contributed by atoms with van der Waals surface area (Å²) in [4.78, 5) is 18.1. The average Bonchev–Trinajstić information content (AvgIpc) is 2.55. The fourth-order valence-electron chi connectivity index (χ4n) is 2.18. The molecule has 0 aliphatic heterocycles. The van der Waals surface area contributed by atoms with Crippen LogP contribution >= 0.6 is 0 Å². The van der Waals surface area contributed by atoms with E-state index in [4.69, 9.17) is 5.73 Å². The number of nitro groups is 1. The lowest BCUT2D eigenvalue weighted by atomic mass is 10.1. The molecule has 0 aliphatic carbocycles. The van der Waals surface area contributed by atoms with Crippen molar-refractivity contribution in [1.29, 1.82) is 0 Å². The second-order valence-corrected chi connectivity index (χ2v) is 4.78.